The number of phenols is 1. The van der Waals surface area contributed by atoms with Gasteiger partial charge in [0.05, 0.1) is 19.1 Å². The fraction of sp³-hybridized carbons (Fsp3) is 0.541. The Morgan fingerprint density at radius 3 is 1.46 bits per heavy atom. The van der Waals surface area contributed by atoms with Gasteiger partial charge in [0.2, 0.25) is 82.7 Å². The predicted molar refractivity (Wildman–Crippen MR) is 411 cm³/mol. The highest BCUT2D eigenvalue weighted by Crippen LogP contribution is 2.24. The largest absolute Gasteiger partial charge is 0.508 e. The molecule has 0 radical (unpaired) electrons. The van der Waals surface area contributed by atoms with Gasteiger partial charge in [-0.1, -0.05) is 86.6 Å². The number of nitrogens with two attached hydrogens (primary N) is 6. The van der Waals surface area contributed by atoms with Crippen LogP contribution in [0.1, 0.15) is 127 Å². The number of amides is 14. The number of phenolic OH excluding ortho intramolecular Hbond substituents is 1. The van der Waals surface area contributed by atoms with E-state index in [2.05, 4.69) is 58.2 Å². The first-order valence-electron chi connectivity index (χ1n) is 37.1. The van der Waals surface area contributed by atoms with Crippen molar-refractivity contribution < 1.29 is 82.1 Å². The summed E-state index contributed by atoms with van der Waals surface area (Å²) in [7, 11) is 0. The van der Waals surface area contributed by atoms with Crippen LogP contribution in [0.4, 0.5) is 0 Å². The first kappa shape index (κ1) is 90.7. The van der Waals surface area contributed by atoms with Gasteiger partial charge in [-0.15, -0.1) is 0 Å². The number of aliphatic carboxylic acids is 1. The van der Waals surface area contributed by atoms with Crippen molar-refractivity contribution in [3.8, 4) is 5.75 Å². The Morgan fingerprint density at radius 2 is 0.937 bits per heavy atom. The van der Waals surface area contributed by atoms with Crippen LogP contribution in [0.25, 0.3) is 0 Å². The van der Waals surface area contributed by atoms with Crippen LogP contribution in [0.2, 0.25) is 0 Å². The summed E-state index contributed by atoms with van der Waals surface area (Å²) in [5.41, 5.74) is 34.8. The Balaban J connectivity index is 1.32. The summed E-state index contributed by atoms with van der Waals surface area (Å²) in [5.74, 6) is -12.4. The molecule has 3 aromatic rings. The highest BCUT2D eigenvalue weighted by molar-refractivity contribution is 7.98. The highest BCUT2D eigenvalue weighted by atomic mass is 32.2. The number of nitrogens with one attached hydrogen (secondary N) is 10. The minimum atomic E-state index is -1.48. The molecule has 14 amide bonds. The molecule has 3 aromatic carbocycles. The minimum Gasteiger partial charge on any atom is -0.508 e. The van der Waals surface area contributed by atoms with Crippen molar-refractivity contribution in [1.82, 2.24) is 63.0 Å². The lowest BCUT2D eigenvalue weighted by molar-refractivity contribution is -0.143. The number of rotatable bonds is 48. The number of guanidine groups is 1. The Bertz CT molecular complexity index is 3690. The molecule has 2 saturated heterocycles. The average molecular weight is 1570 g/mol. The summed E-state index contributed by atoms with van der Waals surface area (Å²) in [6.45, 7) is 2.53. The van der Waals surface area contributed by atoms with Gasteiger partial charge in [0.15, 0.2) is 5.96 Å². The van der Waals surface area contributed by atoms with E-state index in [1.807, 2.05) is 0 Å². The van der Waals surface area contributed by atoms with Gasteiger partial charge in [-0.05, 0) is 137 Å². The zero-order chi connectivity index (χ0) is 81.7. The number of carbonyl (C=O) groups is 15. The maximum absolute atomic E-state index is 14.9. The summed E-state index contributed by atoms with van der Waals surface area (Å²) >= 11 is 1.39. The summed E-state index contributed by atoms with van der Waals surface area (Å²) in [5, 5.41) is 46.3. The third kappa shape index (κ3) is 31.9. The predicted octanol–water partition coefficient (Wildman–Crippen LogP) is -3.56. The maximum Gasteiger partial charge on any atom is 0.326 e. The van der Waals surface area contributed by atoms with Crippen molar-refractivity contribution in [3.05, 3.63) is 102 Å². The summed E-state index contributed by atoms with van der Waals surface area (Å²) in [4.78, 5) is 212. The number of hydrogen-bond donors (Lipinski definition) is 18. The number of carboxylic acid groups (broad SMARTS) is 1. The number of nitrogens with zero attached hydrogens (tertiary/aromatic N) is 3. The van der Waals surface area contributed by atoms with Crippen LogP contribution in [0.15, 0.2) is 89.9 Å². The zero-order valence-corrected chi connectivity index (χ0v) is 63.7. The van der Waals surface area contributed by atoms with Crippen molar-refractivity contribution in [2.45, 2.75) is 196 Å². The molecular weight excluding hydrogens is 1460 g/mol. The van der Waals surface area contributed by atoms with Crippen molar-refractivity contribution in [3.63, 3.8) is 0 Å². The van der Waals surface area contributed by atoms with E-state index in [0.29, 0.717) is 48.1 Å². The first-order chi connectivity index (χ1) is 52.9. The van der Waals surface area contributed by atoms with Crippen molar-refractivity contribution >= 4 is 106 Å². The number of thioether (sulfide) groups is 1. The number of carbonyl (C=O) groups excluding carboxylic acids is 14. The van der Waals surface area contributed by atoms with Gasteiger partial charge in [0.25, 0.3) is 0 Å². The van der Waals surface area contributed by atoms with E-state index in [4.69, 9.17) is 34.4 Å². The van der Waals surface area contributed by atoms with E-state index in [9.17, 15) is 82.1 Å². The number of unbranched alkanes of at least 4 members (excludes halogenated alkanes) is 1. The normalized spacial score (nSPS) is 16.2. The zero-order valence-electron chi connectivity index (χ0n) is 62.9. The van der Waals surface area contributed by atoms with Gasteiger partial charge in [-0.25, -0.2) is 4.79 Å². The van der Waals surface area contributed by atoms with Crippen LogP contribution in [-0.4, -0.2) is 232 Å². The fourth-order valence-electron chi connectivity index (χ4n) is 12.6. The molecule has 2 heterocycles. The van der Waals surface area contributed by atoms with Gasteiger partial charge in [0.1, 0.15) is 66.2 Å². The Labute approximate surface area is 648 Å². The van der Waals surface area contributed by atoms with E-state index in [1.165, 1.54) is 45.8 Å². The molecule has 0 aromatic heterocycles. The first-order valence-corrected chi connectivity index (χ1v) is 38.5. The van der Waals surface area contributed by atoms with Crippen LogP contribution in [-0.2, 0) is 91.2 Å². The maximum atomic E-state index is 14.9. The number of benzene rings is 3. The number of aromatic hydroxyl groups is 1. The van der Waals surface area contributed by atoms with Crippen LogP contribution in [0.3, 0.4) is 0 Å². The van der Waals surface area contributed by atoms with E-state index >= 15 is 0 Å². The van der Waals surface area contributed by atoms with Crippen LogP contribution in [0, 0.1) is 5.92 Å². The molecular formula is C74H109N19O17S. The molecule has 608 valence electrons. The lowest BCUT2D eigenvalue weighted by atomic mass is 10.0. The molecule has 5 rings (SSSR count). The highest BCUT2D eigenvalue weighted by Gasteiger charge is 2.42. The number of aliphatic imine (C=N–C) groups is 1. The van der Waals surface area contributed by atoms with E-state index in [0.717, 1.165) is 0 Å². The third-order valence-electron chi connectivity index (χ3n) is 18.4. The standard InChI is InChI=1S/C74H109N19O17S/c1-43(2)37-53(89-63(99)48(76)27-29-59(77)95)67(103)86-49(28-30-60(78)96)64(100)82-42-62(98)85-56(40-45-17-8-5-9-18-45)72(108)93-35-14-22-58(93)70(106)91-55(38-44-15-6-4-7-16-44)68(104)90-54(39-46-23-25-47(94)26-24-46)65(101)83-41-61(97)84-51(19-10-11-32-75)71(107)92-34-13-21-57(92)69(105)87-50(31-36-111-3)66(102)88-52(73(109)110)20-12-33-81-74(79)80/h4-9,15-18,23-26,43,48-58,94H,10-14,19-22,27-42,75-76H2,1-3H3,(H2,77,95)(H2,78,96)(H,82,100)(H,83,101)(H,84,97)(H,85,98)(H,86,103)(H,87,105)(H,88,102)(H,89,99)(H,90,104)(H,91,106)(H,109,110)(H4,79,80,81)/t48-,49-,50-,51-,52-,53-,54-,55-,56-,57-,58-/m0/s1. The Hall–Kier alpha value is -10.9. The second-order valence-electron chi connectivity index (χ2n) is 27.8. The lowest BCUT2D eigenvalue weighted by Gasteiger charge is -2.30. The number of carboxylic acids is 1. The monoisotopic (exact) mass is 1570 g/mol. The van der Waals surface area contributed by atoms with Crippen molar-refractivity contribution in [1.29, 1.82) is 0 Å². The Kier molecular flexibility index (Phi) is 38.5. The third-order valence-corrected chi connectivity index (χ3v) is 19.1. The lowest BCUT2D eigenvalue weighted by Crippen LogP contribution is -2.59. The molecule has 2 aliphatic heterocycles. The molecule has 24 N–H and O–H groups in total. The number of hydrogen-bond acceptors (Lipinski definition) is 20. The average Bonchev–Trinajstić information content (AvgIpc) is 1.73. The van der Waals surface area contributed by atoms with E-state index < -0.39 is 168 Å². The molecule has 0 bridgehead atoms. The molecule has 0 aliphatic carbocycles. The topological polar surface area (TPSA) is 592 Å². The number of primary amides is 2. The number of likely N-dealkylation sites (tertiary alicyclic amines) is 2. The molecule has 36 nitrogen and oxygen atoms in total. The molecule has 37 heteroatoms. The van der Waals surface area contributed by atoms with Gasteiger partial charge in [-0.3, -0.25) is 72.1 Å². The smallest absolute Gasteiger partial charge is 0.326 e. The van der Waals surface area contributed by atoms with Gasteiger partial charge in [-0.2, -0.15) is 11.8 Å². The van der Waals surface area contributed by atoms with Crippen molar-refractivity contribution in [2.24, 2.45) is 45.3 Å². The molecule has 0 spiro atoms. The SMILES string of the molecule is CSCC[C@H](NC(=O)[C@@H]1CCCN1C(=O)[C@H](CCCCN)NC(=O)CNC(=O)[C@H](Cc1ccc(O)cc1)NC(=O)[C@H](Cc1ccccc1)NC(=O)[C@@H]1CCCN1C(=O)[C@H](Cc1ccccc1)NC(=O)CNC(=O)[C@H](CCC(N)=O)NC(=O)[C@H](CC(C)C)NC(=O)[C@@H](N)CCC(N)=O)C(=O)N[C@@H](CCCN=C(N)N)C(=O)O. The van der Waals surface area contributed by atoms with E-state index in [1.54, 1.807) is 80.8 Å². The summed E-state index contributed by atoms with van der Waals surface area (Å²) in [6.07, 6.45) is 2.52. The van der Waals surface area contributed by atoms with Crippen LogP contribution >= 0.6 is 11.8 Å². The van der Waals surface area contributed by atoms with Crippen LogP contribution < -0.4 is 87.6 Å². The Morgan fingerprint density at radius 1 is 0.495 bits per heavy atom. The van der Waals surface area contributed by atoms with Gasteiger partial charge in [0, 0.05) is 51.7 Å². The summed E-state index contributed by atoms with van der Waals surface area (Å²) in [6, 6.07) is 8.57. The van der Waals surface area contributed by atoms with E-state index in [-0.39, 0.29) is 134 Å². The van der Waals surface area contributed by atoms with Gasteiger partial charge >= 0.3 is 5.97 Å². The molecule has 2 aliphatic rings. The second kappa shape index (κ2) is 47.2. The molecule has 111 heavy (non-hydrogen) atoms. The minimum absolute atomic E-state index is 0.0214. The quantitative estimate of drug-likeness (QED) is 0.0148. The second-order valence-corrected chi connectivity index (χ2v) is 28.8. The molecule has 0 saturated carbocycles. The molecule has 11 atom stereocenters. The fourth-order valence-corrected chi connectivity index (χ4v) is 13.1. The van der Waals surface area contributed by atoms with Gasteiger partial charge < -0.3 is 108 Å². The van der Waals surface area contributed by atoms with Crippen LogP contribution in [0.5, 0.6) is 5.75 Å². The van der Waals surface area contributed by atoms with Crippen molar-refractivity contribution in [2.75, 3.05) is 51.3 Å². The summed E-state index contributed by atoms with van der Waals surface area (Å²) < 4.78 is 0. The molecule has 2 fully saturated rings. The molecule has 0 unspecified atom stereocenters.